The van der Waals surface area contributed by atoms with Crippen molar-refractivity contribution in [1.82, 2.24) is 98.6 Å². The number of aryl methyl sites for hydroxylation is 10. The fourth-order valence-electron chi connectivity index (χ4n) is 9.14. The van der Waals surface area contributed by atoms with Crippen LogP contribution in [0.3, 0.4) is 0 Å². The maximum absolute atomic E-state index is 12.7. The van der Waals surface area contributed by atoms with Crippen molar-refractivity contribution in [2.75, 3.05) is 20.3 Å². The molecule has 12 rings (SSSR count). The standard InChI is InChI=1S/2C11H12N4O2.C11H11N3O3.C11H11N3O2.C10H8FN3O2.C9H9N3O2S.3Na/c2*1-7-3-12-5-9(14-7)8-4-13-15(2)11(8)10(17)6-16;1-14-10(11(15)16)7(6-13-14)9-8(17-2)4-3-5-12-9;1-7-3-4-12-9(5-7)8-6-13-14(2)10(8)11(15)16;1-14-9(10(15)16)7(5-13-14)8-3-2-6(11)4-12-8;1-5-4-15-8(11-5)6-3-10-12(2)7(6)9(13)14;;;/h2*3-5,16H,6H2,1-2H3;3-6H,1-2H3,(H,15,16);3-6H,1-2H3,(H,15,16);2-5H,1H3,(H,15,16);3-4H,1-2H3,(H,13,14);;;/q;;;;;;3*+1/p-3. The average Bonchev–Trinajstić information content (AvgIpc) is 1.74. The molecule has 38 heteroatoms. The van der Waals surface area contributed by atoms with Crippen molar-refractivity contribution >= 4 is 46.8 Å². The maximum atomic E-state index is 12.7. The second kappa shape index (κ2) is 38.8. The Morgan fingerprint density at radius 3 is 1.30 bits per heavy atom. The van der Waals surface area contributed by atoms with Crippen LogP contribution >= 0.6 is 11.3 Å². The van der Waals surface area contributed by atoms with Gasteiger partial charge in [0, 0.05) is 89.3 Å². The van der Waals surface area contributed by atoms with Gasteiger partial charge in [-0.25, -0.2) is 24.1 Å². The van der Waals surface area contributed by atoms with Gasteiger partial charge in [-0.05, 0) is 69.7 Å². The van der Waals surface area contributed by atoms with Crippen molar-refractivity contribution in [3.8, 4) is 72.6 Å². The van der Waals surface area contributed by atoms with Crippen LogP contribution in [0.1, 0.15) is 85.6 Å². The monoisotopic (exact) mass is 1420 g/mol. The van der Waals surface area contributed by atoms with Gasteiger partial charge >= 0.3 is 94.6 Å². The number of hydrogen-bond donors (Lipinski definition) is 3. The molecule has 12 aromatic heterocycles. The maximum Gasteiger partial charge on any atom is 1.00 e. The molecule has 0 aliphatic heterocycles. The van der Waals surface area contributed by atoms with E-state index in [9.17, 15) is 48.5 Å². The number of aromatic carboxylic acids is 4. The van der Waals surface area contributed by atoms with Gasteiger partial charge in [0.15, 0.2) is 5.69 Å². The molecule has 0 saturated carbocycles. The number of Topliss-reactive ketones (excluding diaryl/α,β-unsaturated/α-hetero) is 2. The molecule has 12 heterocycles. The summed E-state index contributed by atoms with van der Waals surface area (Å²) >= 11 is 1.42. The number of aliphatic hydroxyl groups excluding tert-OH is 2. The molecule has 12 aromatic rings. The number of aromatic nitrogens is 20. The molecule has 3 N–H and O–H groups in total. The van der Waals surface area contributed by atoms with E-state index < -0.39 is 42.9 Å². The number of rotatable bonds is 15. The van der Waals surface area contributed by atoms with E-state index >= 15 is 0 Å². The van der Waals surface area contributed by atoms with Gasteiger partial charge in [-0.1, -0.05) is 0 Å². The molecule has 0 radical (unpaired) electrons. The Labute approximate surface area is 644 Å². The minimum absolute atomic E-state index is 0. The van der Waals surface area contributed by atoms with Crippen LogP contribution in [0, 0.1) is 33.5 Å². The van der Waals surface area contributed by atoms with Gasteiger partial charge in [-0.2, -0.15) is 30.6 Å². The van der Waals surface area contributed by atoms with E-state index in [0.717, 1.165) is 28.8 Å². The Morgan fingerprint density at radius 2 is 0.901 bits per heavy atom. The number of hydrogen-bond acceptors (Lipinski definition) is 27. The van der Waals surface area contributed by atoms with Crippen molar-refractivity contribution in [1.29, 1.82) is 0 Å². The third kappa shape index (κ3) is 21.2. The third-order valence-electron chi connectivity index (χ3n) is 13.6. The van der Waals surface area contributed by atoms with E-state index in [1.54, 1.807) is 89.9 Å². The quantitative estimate of drug-likeness (QED) is 0.0634. The van der Waals surface area contributed by atoms with Crippen LogP contribution in [0.25, 0.3) is 66.9 Å². The Balaban J connectivity index is 0.000000256. The Hall–Kier alpha value is -9.63. The third-order valence-corrected chi connectivity index (χ3v) is 14.6. The average molecular weight is 1430 g/mol. The molecule has 0 saturated heterocycles. The van der Waals surface area contributed by atoms with Gasteiger partial charge in [-0.15, -0.1) is 11.3 Å². The number of thiazole rings is 1. The van der Waals surface area contributed by atoms with Crippen molar-refractivity contribution in [3.05, 3.63) is 185 Å². The van der Waals surface area contributed by atoms with Gasteiger partial charge in [-0.3, -0.25) is 62.6 Å². The minimum Gasteiger partial charge on any atom is -0.543 e. The first-order valence-electron chi connectivity index (χ1n) is 28.5. The van der Waals surface area contributed by atoms with Crippen LogP contribution in [0.5, 0.6) is 5.75 Å². The SMILES string of the molecule is COc1cccnc1-c1cnn(C)c1C(=O)[O-].Cc1ccnc(-c2cnn(C)c2C(=O)[O-])c1.Cc1cncc(-c2cnn(C)c2C(=O)CO)n1.Cc1cncc(-c2cnn(C)c2C(=O)CO)n1.Cc1csc(-c2cnn(C)c2C(=O)O)n1.Cn1ncc(-c2ccc(F)cn2)c1C(=O)[O-].[Na+].[Na+].[Na+]. The number of carbonyl (C=O) groups excluding carboxylic acids is 5. The zero-order chi connectivity index (χ0) is 71.7. The predicted molar refractivity (Wildman–Crippen MR) is 340 cm³/mol. The Morgan fingerprint density at radius 1 is 0.475 bits per heavy atom. The summed E-state index contributed by atoms with van der Waals surface area (Å²) in [6.07, 6.45) is 19.5. The smallest absolute Gasteiger partial charge is 0.543 e. The van der Waals surface area contributed by atoms with E-state index in [1.807, 2.05) is 45.2 Å². The first-order valence-corrected chi connectivity index (χ1v) is 29.4. The molecule has 506 valence electrons. The van der Waals surface area contributed by atoms with Gasteiger partial charge in [0.2, 0.25) is 11.6 Å². The summed E-state index contributed by atoms with van der Waals surface area (Å²) in [5, 5.41) is 85.9. The molecule has 0 fully saturated rings. The number of nitrogens with zero attached hydrogens (tertiary/aromatic N) is 20. The number of carboxylic acids is 4. The Bertz CT molecular complexity index is 4750. The summed E-state index contributed by atoms with van der Waals surface area (Å²) in [5.41, 5.74) is 9.62. The summed E-state index contributed by atoms with van der Waals surface area (Å²) in [5.74, 6) is -5.65. The Kier molecular flexibility index (Phi) is 32.2. The molecule has 101 heavy (non-hydrogen) atoms. The topological polar surface area (TPSA) is 452 Å². The van der Waals surface area contributed by atoms with E-state index in [-0.39, 0.29) is 123 Å². The van der Waals surface area contributed by atoms with Gasteiger partial charge in [0.25, 0.3) is 0 Å². The molecule has 0 unspecified atom stereocenters. The first-order chi connectivity index (χ1) is 46.7. The van der Waals surface area contributed by atoms with Crippen molar-refractivity contribution in [2.45, 2.75) is 27.7 Å². The zero-order valence-electron chi connectivity index (χ0n) is 57.1. The molecular weight excluding hydrogens is 1360 g/mol. The molecular formula is C63H60FN20Na3O13S. The van der Waals surface area contributed by atoms with E-state index in [4.69, 9.17) is 20.1 Å². The second-order valence-corrected chi connectivity index (χ2v) is 21.4. The van der Waals surface area contributed by atoms with Crippen molar-refractivity contribution in [2.24, 2.45) is 42.3 Å². The van der Waals surface area contributed by atoms with Crippen LogP contribution in [0.2, 0.25) is 0 Å². The summed E-state index contributed by atoms with van der Waals surface area (Å²) in [6, 6.07) is 9.65. The largest absolute Gasteiger partial charge is 1.00 e. The zero-order valence-corrected chi connectivity index (χ0v) is 63.9. The van der Waals surface area contributed by atoms with Crippen LogP contribution in [0.15, 0.2) is 122 Å². The number of ketones is 2. The number of halogens is 1. The number of carbonyl (C=O) groups is 6. The van der Waals surface area contributed by atoms with Crippen molar-refractivity contribution in [3.63, 3.8) is 0 Å². The van der Waals surface area contributed by atoms with Crippen LogP contribution in [-0.2, 0) is 42.3 Å². The van der Waals surface area contributed by atoms with Gasteiger partial charge in [0.1, 0.15) is 46.9 Å². The van der Waals surface area contributed by atoms with Gasteiger partial charge in [0.05, 0.1) is 154 Å². The fourth-order valence-corrected chi connectivity index (χ4v) is 9.94. The molecule has 0 aliphatic carbocycles. The second-order valence-electron chi connectivity index (χ2n) is 20.5. The normalized spacial score (nSPS) is 10.1. The summed E-state index contributed by atoms with van der Waals surface area (Å²) < 4.78 is 25.7. The van der Waals surface area contributed by atoms with E-state index in [2.05, 4.69) is 70.5 Å². The number of carboxylic acid groups (broad SMARTS) is 4. The molecule has 0 atom stereocenters. The van der Waals surface area contributed by atoms with Crippen LogP contribution < -0.4 is 109 Å². The molecule has 0 aromatic carbocycles. The number of aliphatic hydroxyl groups is 2. The van der Waals surface area contributed by atoms with Crippen LogP contribution in [-0.4, -0.2) is 170 Å². The first kappa shape index (κ1) is 83.8. The van der Waals surface area contributed by atoms with E-state index in [1.165, 1.54) is 97.6 Å². The molecule has 33 nitrogen and oxygen atoms in total. The summed E-state index contributed by atoms with van der Waals surface area (Å²) in [4.78, 5) is 100.0. The molecule has 0 bridgehead atoms. The molecule has 0 aliphatic rings. The predicted octanol–water partition coefficient (Wildman–Crippen LogP) is -6.72. The number of pyridine rings is 3. The minimum atomic E-state index is -1.35. The molecule has 0 amide bonds. The van der Waals surface area contributed by atoms with Crippen LogP contribution in [0.4, 0.5) is 4.39 Å². The fraction of sp³-hybridized carbons (Fsp3) is 0.206. The summed E-state index contributed by atoms with van der Waals surface area (Å²) in [6.45, 7) is 6.33. The molecule has 0 spiro atoms. The van der Waals surface area contributed by atoms with E-state index in [0.29, 0.717) is 84.0 Å². The van der Waals surface area contributed by atoms with Gasteiger partial charge < -0.3 is 49.8 Å². The number of ether oxygens (including phenoxy) is 1. The summed E-state index contributed by atoms with van der Waals surface area (Å²) in [7, 11) is 11.0. The van der Waals surface area contributed by atoms with Crippen molar-refractivity contribution < 1.29 is 157 Å². The number of methoxy groups -OCH3 is 1.